The Balaban J connectivity index is 3.20. The van der Waals surface area contributed by atoms with Gasteiger partial charge in [0.2, 0.25) is 11.8 Å². The zero-order chi connectivity index (χ0) is 12.7. The molecule has 0 radical (unpaired) electrons. The van der Waals surface area contributed by atoms with Crippen molar-refractivity contribution in [3.8, 4) is 0 Å². The maximum absolute atomic E-state index is 12.4. The molecule has 1 atom stereocenters. The molecule has 1 rings (SSSR count). The van der Waals surface area contributed by atoms with Crippen LogP contribution >= 0.6 is 0 Å². The van der Waals surface area contributed by atoms with E-state index in [2.05, 4.69) is 5.32 Å². The number of nitrogens with zero attached hydrogens (tertiary/aromatic N) is 1. The summed E-state index contributed by atoms with van der Waals surface area (Å²) in [5.41, 5.74) is -1.52. The van der Waals surface area contributed by atoms with Gasteiger partial charge < -0.3 is 10.2 Å². The highest BCUT2D eigenvalue weighted by Gasteiger charge is 2.52. The Labute approximate surface area is 97.4 Å². The fourth-order valence-electron chi connectivity index (χ4n) is 2.21. The van der Waals surface area contributed by atoms with Crippen molar-refractivity contribution in [3.05, 3.63) is 0 Å². The number of hydrogen-bond acceptors (Lipinski definition) is 2. The lowest BCUT2D eigenvalue weighted by Gasteiger charge is -2.50. The molecule has 1 heterocycles. The maximum atomic E-state index is 12.4. The molecule has 1 fully saturated rings. The van der Waals surface area contributed by atoms with Gasteiger partial charge in [-0.15, -0.1) is 0 Å². The van der Waals surface area contributed by atoms with Gasteiger partial charge in [-0.2, -0.15) is 0 Å². The molecule has 16 heavy (non-hydrogen) atoms. The van der Waals surface area contributed by atoms with Gasteiger partial charge in [-0.05, 0) is 41.0 Å². The van der Waals surface area contributed by atoms with Crippen molar-refractivity contribution in [2.75, 3.05) is 0 Å². The predicted octanol–water partition coefficient (Wildman–Crippen LogP) is 1.30. The van der Waals surface area contributed by atoms with E-state index in [0.29, 0.717) is 6.42 Å². The van der Waals surface area contributed by atoms with Crippen LogP contribution in [-0.4, -0.2) is 33.8 Å². The molecule has 0 saturated carbocycles. The number of nitrogens with one attached hydrogen (secondary N) is 1. The molecule has 1 aliphatic rings. The van der Waals surface area contributed by atoms with Crippen LogP contribution in [0.2, 0.25) is 0 Å². The Morgan fingerprint density at radius 2 is 1.75 bits per heavy atom. The van der Waals surface area contributed by atoms with Gasteiger partial charge in [0, 0.05) is 6.04 Å². The number of rotatable bonds is 2. The third kappa shape index (κ3) is 1.70. The summed E-state index contributed by atoms with van der Waals surface area (Å²) in [6, 6.07) is 0.0272. The maximum Gasteiger partial charge on any atom is 0.249 e. The van der Waals surface area contributed by atoms with Crippen LogP contribution in [0.1, 0.15) is 48.0 Å². The molecule has 4 heteroatoms. The Morgan fingerprint density at radius 1 is 1.25 bits per heavy atom. The zero-order valence-corrected chi connectivity index (χ0v) is 11.0. The average Bonchev–Trinajstić information content (AvgIpc) is 2.14. The van der Waals surface area contributed by atoms with Crippen molar-refractivity contribution in [2.24, 2.45) is 0 Å². The first kappa shape index (κ1) is 13.0. The van der Waals surface area contributed by atoms with Crippen LogP contribution in [0.5, 0.6) is 0 Å². The second-order valence-electron chi connectivity index (χ2n) is 5.47. The van der Waals surface area contributed by atoms with Crippen molar-refractivity contribution in [2.45, 2.75) is 65.1 Å². The van der Waals surface area contributed by atoms with Gasteiger partial charge in [0.15, 0.2) is 0 Å². The Morgan fingerprint density at radius 3 is 2.12 bits per heavy atom. The summed E-state index contributed by atoms with van der Waals surface area (Å²) in [5, 5.41) is 2.84. The van der Waals surface area contributed by atoms with E-state index in [9.17, 15) is 9.59 Å². The molecule has 1 aliphatic heterocycles. The molecular weight excluding hydrogens is 204 g/mol. The highest BCUT2D eigenvalue weighted by atomic mass is 16.2. The largest absolute Gasteiger partial charge is 0.340 e. The normalized spacial score (nSPS) is 29.6. The van der Waals surface area contributed by atoms with E-state index in [-0.39, 0.29) is 17.9 Å². The Kier molecular flexibility index (Phi) is 3.05. The van der Waals surface area contributed by atoms with E-state index in [1.165, 1.54) is 0 Å². The lowest BCUT2D eigenvalue weighted by atomic mass is 9.86. The van der Waals surface area contributed by atoms with Crippen LogP contribution in [0.4, 0.5) is 0 Å². The third-order valence-corrected chi connectivity index (χ3v) is 3.46. The van der Waals surface area contributed by atoms with Crippen molar-refractivity contribution >= 4 is 11.8 Å². The molecule has 1 saturated heterocycles. The second-order valence-corrected chi connectivity index (χ2v) is 5.47. The molecule has 0 spiro atoms. The fourth-order valence-corrected chi connectivity index (χ4v) is 2.21. The summed E-state index contributed by atoms with van der Waals surface area (Å²) in [6.07, 6.45) is 0.608. The van der Waals surface area contributed by atoms with E-state index in [1.807, 2.05) is 20.8 Å². The molecule has 0 aromatic carbocycles. The van der Waals surface area contributed by atoms with Crippen molar-refractivity contribution in [1.29, 1.82) is 0 Å². The summed E-state index contributed by atoms with van der Waals surface area (Å²) >= 11 is 0. The molecule has 0 aliphatic carbocycles. The molecule has 92 valence electrons. The van der Waals surface area contributed by atoms with Crippen molar-refractivity contribution < 1.29 is 9.59 Å². The number of amides is 2. The van der Waals surface area contributed by atoms with E-state index < -0.39 is 11.1 Å². The first-order chi connectivity index (χ1) is 7.16. The molecule has 0 bridgehead atoms. The second kappa shape index (κ2) is 3.75. The number of piperazine rings is 1. The van der Waals surface area contributed by atoms with E-state index in [4.69, 9.17) is 0 Å². The smallest absolute Gasteiger partial charge is 0.249 e. The molecule has 4 nitrogen and oxygen atoms in total. The van der Waals surface area contributed by atoms with Crippen LogP contribution in [0.15, 0.2) is 0 Å². The van der Waals surface area contributed by atoms with Gasteiger partial charge in [-0.3, -0.25) is 9.59 Å². The SMILES string of the molecule is CCC1(C)NC(=O)C(C)(C)N(C(C)C)C1=O. The van der Waals surface area contributed by atoms with E-state index >= 15 is 0 Å². The van der Waals surface area contributed by atoms with Crippen LogP contribution in [0, 0.1) is 0 Å². The Bertz CT molecular complexity index is 323. The monoisotopic (exact) mass is 226 g/mol. The summed E-state index contributed by atoms with van der Waals surface area (Å²) in [6.45, 7) is 11.2. The minimum Gasteiger partial charge on any atom is -0.340 e. The number of carbonyl (C=O) groups excluding carboxylic acids is 2. The predicted molar refractivity (Wildman–Crippen MR) is 62.9 cm³/mol. The topological polar surface area (TPSA) is 49.4 Å². The van der Waals surface area contributed by atoms with Crippen LogP contribution < -0.4 is 5.32 Å². The number of hydrogen-bond donors (Lipinski definition) is 1. The van der Waals surface area contributed by atoms with Gasteiger partial charge in [0.1, 0.15) is 11.1 Å². The van der Waals surface area contributed by atoms with E-state index in [1.54, 1.807) is 25.7 Å². The molecule has 1 N–H and O–H groups in total. The highest BCUT2D eigenvalue weighted by Crippen LogP contribution is 2.29. The van der Waals surface area contributed by atoms with E-state index in [0.717, 1.165) is 0 Å². The summed E-state index contributed by atoms with van der Waals surface area (Å²) in [5.74, 6) is -0.0697. The Hall–Kier alpha value is -1.06. The first-order valence-electron chi connectivity index (χ1n) is 5.83. The van der Waals surface area contributed by atoms with Crippen LogP contribution in [0.25, 0.3) is 0 Å². The molecule has 2 amide bonds. The average molecular weight is 226 g/mol. The fraction of sp³-hybridized carbons (Fsp3) is 0.833. The van der Waals surface area contributed by atoms with Gasteiger partial charge >= 0.3 is 0 Å². The van der Waals surface area contributed by atoms with Gasteiger partial charge in [-0.25, -0.2) is 0 Å². The minimum atomic E-state index is -0.764. The minimum absolute atomic E-state index is 0.00889. The van der Waals surface area contributed by atoms with Crippen molar-refractivity contribution in [3.63, 3.8) is 0 Å². The molecule has 1 unspecified atom stereocenters. The molecule has 0 aromatic rings. The lowest BCUT2D eigenvalue weighted by molar-refractivity contribution is -0.163. The van der Waals surface area contributed by atoms with Gasteiger partial charge in [-0.1, -0.05) is 6.92 Å². The van der Waals surface area contributed by atoms with Gasteiger partial charge in [0.25, 0.3) is 0 Å². The lowest BCUT2D eigenvalue weighted by Crippen LogP contribution is -2.74. The summed E-state index contributed by atoms with van der Waals surface area (Å²) < 4.78 is 0. The zero-order valence-electron chi connectivity index (χ0n) is 11.0. The van der Waals surface area contributed by atoms with Crippen LogP contribution in [0.3, 0.4) is 0 Å². The van der Waals surface area contributed by atoms with Crippen molar-refractivity contribution in [1.82, 2.24) is 10.2 Å². The highest BCUT2D eigenvalue weighted by molar-refractivity contribution is 6.01. The van der Waals surface area contributed by atoms with Gasteiger partial charge in [0.05, 0.1) is 0 Å². The molecule has 0 aromatic heterocycles. The first-order valence-corrected chi connectivity index (χ1v) is 5.83. The number of carbonyl (C=O) groups is 2. The van der Waals surface area contributed by atoms with Crippen LogP contribution in [-0.2, 0) is 9.59 Å². The summed E-state index contributed by atoms with van der Waals surface area (Å²) in [4.78, 5) is 26.1. The standard InChI is InChI=1S/C12H22N2O2/c1-7-12(6)10(16)14(8(2)3)11(4,5)9(15)13-12/h8H,7H2,1-6H3,(H,13,15). The molecular formula is C12H22N2O2. The third-order valence-electron chi connectivity index (χ3n) is 3.46. The quantitative estimate of drug-likeness (QED) is 0.771. The summed E-state index contributed by atoms with van der Waals surface area (Å²) in [7, 11) is 0.